The van der Waals surface area contributed by atoms with E-state index in [0.29, 0.717) is 5.56 Å². The number of hydrogen-bond acceptors (Lipinski definition) is 2. The molecule has 15 heavy (non-hydrogen) atoms. The predicted octanol–water partition coefficient (Wildman–Crippen LogP) is 2.94. The maximum atomic E-state index is 11.2. The Morgan fingerprint density at radius 1 is 1.40 bits per heavy atom. The van der Waals surface area contributed by atoms with E-state index >= 15 is 0 Å². The zero-order chi connectivity index (χ0) is 11.6. The third-order valence-corrected chi connectivity index (χ3v) is 2.90. The molecule has 0 fully saturated rings. The van der Waals surface area contributed by atoms with Crippen LogP contribution in [-0.2, 0) is 0 Å². The lowest BCUT2D eigenvalue weighted by molar-refractivity contribution is 0.0556. The Labute approximate surface area is 94.9 Å². The van der Waals surface area contributed by atoms with Gasteiger partial charge >= 0.3 is 0 Å². The second-order valence-electron chi connectivity index (χ2n) is 4.24. The van der Waals surface area contributed by atoms with E-state index in [-0.39, 0.29) is 5.92 Å². The van der Waals surface area contributed by atoms with Gasteiger partial charge in [0.15, 0.2) is 0 Å². The van der Waals surface area contributed by atoms with E-state index in [2.05, 4.69) is 0 Å². The molecule has 0 saturated carbocycles. The first-order chi connectivity index (χ1) is 6.84. The first-order valence-electron chi connectivity index (χ1n) is 4.85. The molecule has 0 heterocycles. The van der Waals surface area contributed by atoms with Crippen molar-refractivity contribution in [2.24, 2.45) is 0 Å². The second kappa shape index (κ2) is 4.33. The molecule has 0 aromatic heterocycles. The van der Waals surface area contributed by atoms with Gasteiger partial charge in [0, 0.05) is 11.5 Å². The van der Waals surface area contributed by atoms with Crippen molar-refractivity contribution in [3.8, 4) is 0 Å². The molecule has 0 aliphatic rings. The zero-order valence-electron chi connectivity index (χ0n) is 9.12. The monoisotopic (exact) mass is 226 g/mol. The lowest BCUT2D eigenvalue weighted by atomic mass is 9.84. The molecule has 2 nitrogen and oxygen atoms in total. The van der Waals surface area contributed by atoms with Crippen LogP contribution in [0.1, 0.15) is 42.6 Å². The molecule has 0 spiro atoms. The number of aliphatic hydroxyl groups is 1. The molecule has 3 heteroatoms. The number of hydrogen-bond donors (Lipinski definition) is 1. The summed E-state index contributed by atoms with van der Waals surface area (Å²) in [7, 11) is 0. The minimum Gasteiger partial charge on any atom is -0.390 e. The second-order valence-corrected chi connectivity index (χ2v) is 4.58. The minimum absolute atomic E-state index is 0.142. The smallest absolute Gasteiger partial charge is 0.252 e. The lowest BCUT2D eigenvalue weighted by Gasteiger charge is -2.27. The summed E-state index contributed by atoms with van der Waals surface area (Å²) in [6.07, 6.45) is 0. The van der Waals surface area contributed by atoms with Gasteiger partial charge in [0.1, 0.15) is 0 Å². The lowest BCUT2D eigenvalue weighted by Crippen LogP contribution is -2.27. The Morgan fingerprint density at radius 3 is 2.40 bits per heavy atom. The fourth-order valence-electron chi connectivity index (χ4n) is 1.43. The van der Waals surface area contributed by atoms with Gasteiger partial charge in [-0.25, -0.2) is 0 Å². The van der Waals surface area contributed by atoms with Crippen LogP contribution in [0.2, 0.25) is 0 Å². The molecule has 0 aliphatic heterocycles. The van der Waals surface area contributed by atoms with Crippen LogP contribution in [0.25, 0.3) is 0 Å². The van der Waals surface area contributed by atoms with E-state index in [0.717, 1.165) is 5.56 Å². The van der Waals surface area contributed by atoms with Crippen molar-refractivity contribution in [1.82, 2.24) is 0 Å². The van der Waals surface area contributed by atoms with Gasteiger partial charge in [-0.3, -0.25) is 4.79 Å². The molecular weight excluding hydrogens is 212 g/mol. The van der Waals surface area contributed by atoms with E-state index in [1.165, 1.54) is 0 Å². The van der Waals surface area contributed by atoms with Gasteiger partial charge < -0.3 is 5.11 Å². The van der Waals surface area contributed by atoms with Crippen LogP contribution < -0.4 is 0 Å². The van der Waals surface area contributed by atoms with Crippen LogP contribution in [-0.4, -0.2) is 16.0 Å². The average Bonchev–Trinajstić information content (AvgIpc) is 2.15. The van der Waals surface area contributed by atoms with Crippen LogP contribution in [0.3, 0.4) is 0 Å². The third kappa shape index (κ3) is 2.80. The summed E-state index contributed by atoms with van der Waals surface area (Å²) >= 11 is 5.48. The van der Waals surface area contributed by atoms with Gasteiger partial charge in [-0.1, -0.05) is 25.1 Å². The Balaban J connectivity index is 3.19. The number of halogens is 1. The van der Waals surface area contributed by atoms with Crippen molar-refractivity contribution in [3.05, 3.63) is 35.4 Å². The Morgan fingerprint density at radius 2 is 1.93 bits per heavy atom. The highest BCUT2D eigenvalue weighted by Gasteiger charge is 2.26. The Kier molecular flexibility index (Phi) is 3.53. The maximum Gasteiger partial charge on any atom is 0.252 e. The molecule has 0 saturated heterocycles. The normalized spacial score (nSPS) is 13.7. The van der Waals surface area contributed by atoms with E-state index in [9.17, 15) is 9.90 Å². The van der Waals surface area contributed by atoms with Crippen molar-refractivity contribution < 1.29 is 9.90 Å². The Hall–Kier alpha value is -0.860. The first-order valence-corrected chi connectivity index (χ1v) is 5.23. The third-order valence-electron chi connectivity index (χ3n) is 2.70. The average molecular weight is 227 g/mol. The molecule has 1 atom stereocenters. The highest BCUT2D eigenvalue weighted by molar-refractivity contribution is 6.67. The molecule has 1 unspecified atom stereocenters. The van der Waals surface area contributed by atoms with Crippen molar-refractivity contribution in [3.63, 3.8) is 0 Å². The van der Waals surface area contributed by atoms with Crippen molar-refractivity contribution >= 4 is 16.8 Å². The van der Waals surface area contributed by atoms with E-state index < -0.39 is 10.8 Å². The number of carbonyl (C=O) groups excluding carboxylic acids is 1. The van der Waals surface area contributed by atoms with Crippen molar-refractivity contribution in [2.75, 3.05) is 0 Å². The van der Waals surface area contributed by atoms with Crippen LogP contribution in [0.5, 0.6) is 0 Å². The summed E-state index contributed by atoms with van der Waals surface area (Å²) in [5.74, 6) is -0.142. The number of carbonyl (C=O) groups is 1. The van der Waals surface area contributed by atoms with Crippen molar-refractivity contribution in [1.29, 1.82) is 0 Å². The van der Waals surface area contributed by atoms with Gasteiger partial charge in [0.2, 0.25) is 0 Å². The molecule has 0 radical (unpaired) electrons. The number of benzene rings is 1. The fraction of sp³-hybridized carbons (Fsp3) is 0.417. The number of rotatable bonds is 3. The van der Waals surface area contributed by atoms with E-state index in [4.69, 9.17) is 11.6 Å². The summed E-state index contributed by atoms with van der Waals surface area (Å²) < 4.78 is 0. The molecular formula is C12H15ClO2. The fourth-order valence-corrected chi connectivity index (χ4v) is 1.61. The van der Waals surface area contributed by atoms with Gasteiger partial charge in [-0.15, -0.1) is 0 Å². The molecule has 1 aromatic carbocycles. The minimum atomic E-state index is -0.873. The molecule has 1 aromatic rings. The molecule has 0 amide bonds. The Bertz CT molecular complexity index is 366. The van der Waals surface area contributed by atoms with Crippen LogP contribution in [0.15, 0.2) is 24.3 Å². The molecule has 1 N–H and O–H groups in total. The van der Waals surface area contributed by atoms with Gasteiger partial charge in [-0.2, -0.15) is 0 Å². The summed E-state index contributed by atoms with van der Waals surface area (Å²) in [5, 5.41) is 9.41. The van der Waals surface area contributed by atoms with E-state index in [1.54, 1.807) is 26.0 Å². The highest BCUT2D eigenvalue weighted by atomic mass is 35.5. The topological polar surface area (TPSA) is 37.3 Å². The quantitative estimate of drug-likeness (QED) is 0.805. The predicted molar refractivity (Wildman–Crippen MR) is 61.3 cm³/mol. The standard InChI is InChI=1S/C12H15ClO2/c1-8(12(2,3)15)9-6-4-5-7-10(9)11(13)14/h4-8,15H,1-3H3. The molecule has 82 valence electrons. The maximum absolute atomic E-state index is 11.2. The summed E-state index contributed by atoms with van der Waals surface area (Å²) in [5.41, 5.74) is 0.376. The summed E-state index contributed by atoms with van der Waals surface area (Å²) in [4.78, 5) is 11.2. The van der Waals surface area contributed by atoms with Crippen LogP contribution >= 0.6 is 11.6 Å². The molecule has 0 bridgehead atoms. The van der Waals surface area contributed by atoms with Gasteiger partial charge in [0.25, 0.3) is 5.24 Å². The molecule has 1 rings (SSSR count). The molecule has 0 aliphatic carbocycles. The highest BCUT2D eigenvalue weighted by Crippen LogP contribution is 2.30. The van der Waals surface area contributed by atoms with Gasteiger partial charge in [0.05, 0.1) is 5.60 Å². The largest absolute Gasteiger partial charge is 0.390 e. The summed E-state index contributed by atoms with van der Waals surface area (Å²) in [6, 6.07) is 7.09. The summed E-state index contributed by atoms with van der Waals surface area (Å²) in [6.45, 7) is 5.30. The van der Waals surface area contributed by atoms with Gasteiger partial charge in [-0.05, 0) is 37.1 Å². The van der Waals surface area contributed by atoms with Crippen molar-refractivity contribution in [2.45, 2.75) is 32.3 Å². The van der Waals surface area contributed by atoms with Crippen LogP contribution in [0.4, 0.5) is 0 Å². The van der Waals surface area contributed by atoms with Crippen LogP contribution in [0, 0.1) is 0 Å². The zero-order valence-corrected chi connectivity index (χ0v) is 9.88. The van der Waals surface area contributed by atoms with E-state index in [1.807, 2.05) is 19.1 Å². The SMILES string of the molecule is CC(c1ccccc1C(=O)Cl)C(C)(C)O. The first kappa shape index (κ1) is 12.2.